The number of amides is 2. The molecule has 2 amide bonds. The van der Waals surface area contributed by atoms with Crippen LogP contribution in [0.2, 0.25) is 0 Å². The van der Waals surface area contributed by atoms with Crippen LogP contribution < -0.4 is 10.6 Å². The third-order valence-electron chi connectivity index (χ3n) is 7.84. The second-order valence-electron chi connectivity index (χ2n) is 15.7. The van der Waals surface area contributed by atoms with Crippen LogP contribution in [0, 0.1) is 0 Å². The number of carboxylic acids is 1. The summed E-state index contributed by atoms with van der Waals surface area (Å²) in [6, 6.07) is -0.909. The summed E-state index contributed by atoms with van der Waals surface area (Å²) >= 11 is 0. The van der Waals surface area contributed by atoms with Crippen LogP contribution in [0.5, 0.6) is 0 Å². The number of rotatable bonds is 34. The molecule has 3 N–H and O–H groups in total. The molecule has 0 aromatic rings. The van der Waals surface area contributed by atoms with Crippen LogP contribution >= 0.6 is 0 Å². The molecule has 56 heavy (non-hydrogen) atoms. The van der Waals surface area contributed by atoms with Gasteiger partial charge >= 0.3 is 17.9 Å². The van der Waals surface area contributed by atoms with E-state index >= 15 is 0 Å². The van der Waals surface area contributed by atoms with E-state index in [4.69, 9.17) is 33.5 Å². The smallest absolute Gasteiger partial charge is 0.329 e. The summed E-state index contributed by atoms with van der Waals surface area (Å²) in [6.07, 6.45) is 15.4. The van der Waals surface area contributed by atoms with Crippen molar-refractivity contribution < 1.29 is 57.5 Å². The lowest BCUT2D eigenvalue weighted by molar-refractivity contribution is -0.159. The summed E-state index contributed by atoms with van der Waals surface area (Å²) in [7, 11) is 0. The minimum Gasteiger partial charge on any atom is -0.481 e. The van der Waals surface area contributed by atoms with E-state index in [9.17, 15) is 24.0 Å². The molecule has 0 aromatic heterocycles. The molecule has 0 spiro atoms. The molecule has 330 valence electrons. The van der Waals surface area contributed by atoms with Gasteiger partial charge in [-0.15, -0.1) is 0 Å². The van der Waals surface area contributed by atoms with Gasteiger partial charge in [-0.2, -0.15) is 0 Å². The molecular formula is C42H80N2O12. The first-order valence-electron chi connectivity index (χ1n) is 21.0. The lowest BCUT2D eigenvalue weighted by Crippen LogP contribution is -2.44. The maximum absolute atomic E-state index is 11.9. The second-order valence-corrected chi connectivity index (χ2v) is 15.7. The van der Waals surface area contributed by atoms with E-state index in [2.05, 4.69) is 10.6 Å². The first kappa shape index (κ1) is 55.3. The molecule has 0 rings (SSSR count). The van der Waals surface area contributed by atoms with Gasteiger partial charge in [0, 0.05) is 38.8 Å². The molecule has 0 fully saturated rings. The lowest BCUT2D eigenvalue weighted by atomic mass is 10.0. The van der Waals surface area contributed by atoms with Crippen molar-refractivity contribution in [3.63, 3.8) is 0 Å². The predicted molar refractivity (Wildman–Crippen MR) is 217 cm³/mol. The molecule has 14 nitrogen and oxygen atoms in total. The van der Waals surface area contributed by atoms with Gasteiger partial charge in [0.15, 0.2) is 0 Å². The predicted octanol–water partition coefficient (Wildman–Crippen LogP) is 7.08. The highest BCUT2D eigenvalue weighted by molar-refractivity contribution is 5.85. The number of nitrogens with one attached hydrogen (secondary N) is 2. The maximum Gasteiger partial charge on any atom is 0.329 e. The van der Waals surface area contributed by atoms with Gasteiger partial charge < -0.3 is 44.2 Å². The highest BCUT2D eigenvalue weighted by atomic mass is 16.6. The van der Waals surface area contributed by atoms with E-state index in [1.165, 1.54) is 51.4 Å². The second kappa shape index (κ2) is 36.5. The van der Waals surface area contributed by atoms with Crippen molar-refractivity contribution in [1.29, 1.82) is 0 Å². The normalized spacial score (nSPS) is 11.9. The fourth-order valence-electron chi connectivity index (χ4n) is 5.06. The largest absolute Gasteiger partial charge is 0.481 e. The van der Waals surface area contributed by atoms with Crippen molar-refractivity contribution >= 4 is 29.7 Å². The molecule has 14 heteroatoms. The fraction of sp³-hybridized carbons (Fsp3) is 0.881. The molecule has 0 saturated carbocycles. The summed E-state index contributed by atoms with van der Waals surface area (Å²) in [6.45, 7) is 19.6. The Labute approximate surface area is 338 Å². The van der Waals surface area contributed by atoms with Gasteiger partial charge in [0.25, 0.3) is 0 Å². The monoisotopic (exact) mass is 805 g/mol. The summed E-state index contributed by atoms with van der Waals surface area (Å²) in [5.74, 6) is -1.90. The quantitative estimate of drug-likeness (QED) is 0.0444. The Morgan fingerprint density at radius 3 is 1.39 bits per heavy atom. The van der Waals surface area contributed by atoms with Crippen molar-refractivity contribution in [3.05, 3.63) is 0 Å². The lowest BCUT2D eigenvalue weighted by Gasteiger charge is -2.24. The van der Waals surface area contributed by atoms with Crippen LogP contribution in [-0.2, 0) is 52.4 Å². The zero-order chi connectivity index (χ0) is 42.5. The van der Waals surface area contributed by atoms with E-state index in [-0.39, 0.29) is 42.6 Å². The molecule has 0 aliphatic heterocycles. The highest BCUT2D eigenvalue weighted by Crippen LogP contribution is 2.15. The molecule has 1 unspecified atom stereocenters. The van der Waals surface area contributed by atoms with Crippen molar-refractivity contribution in [2.75, 3.05) is 59.4 Å². The third kappa shape index (κ3) is 43.9. The average Bonchev–Trinajstić information content (AvgIpc) is 3.10. The van der Waals surface area contributed by atoms with Gasteiger partial charge in [0.1, 0.15) is 17.2 Å². The maximum atomic E-state index is 11.9. The number of hydrogen-bond acceptors (Lipinski definition) is 11. The number of carbonyl (C=O) groups is 5. The summed E-state index contributed by atoms with van der Waals surface area (Å²) in [4.78, 5) is 57.1. The number of carboxylic acid groups (broad SMARTS) is 1. The zero-order valence-corrected chi connectivity index (χ0v) is 36.4. The SMILES string of the molecule is CCC(=O)NC(CCC(=O)O)C(=O)OC(C)(C)C.CCOCCOCCOCCOCCNC(=O)CCCCCCCCCCCCCCC(=O)OC(C)(C)C. The fourth-order valence-corrected chi connectivity index (χ4v) is 5.06. The number of carbonyl (C=O) groups excluding carboxylic acids is 4. The Hall–Kier alpha value is -2.81. The molecule has 0 saturated heterocycles. The van der Waals surface area contributed by atoms with Crippen LogP contribution in [0.15, 0.2) is 0 Å². The van der Waals surface area contributed by atoms with Crippen molar-refractivity contribution in [3.8, 4) is 0 Å². The molecular weight excluding hydrogens is 724 g/mol. The number of esters is 2. The average molecular weight is 805 g/mol. The van der Waals surface area contributed by atoms with Gasteiger partial charge in [-0.05, 0) is 67.7 Å². The Bertz CT molecular complexity index is 1010. The van der Waals surface area contributed by atoms with E-state index < -0.39 is 23.6 Å². The summed E-state index contributed by atoms with van der Waals surface area (Å²) in [5.41, 5.74) is -1.05. The first-order valence-corrected chi connectivity index (χ1v) is 21.0. The van der Waals surface area contributed by atoms with Crippen molar-refractivity contribution in [2.24, 2.45) is 0 Å². The van der Waals surface area contributed by atoms with E-state index in [0.717, 1.165) is 25.7 Å². The highest BCUT2D eigenvalue weighted by Gasteiger charge is 2.26. The first-order chi connectivity index (χ1) is 26.5. The van der Waals surface area contributed by atoms with E-state index in [1.807, 2.05) is 27.7 Å². The molecule has 0 aromatic carbocycles. The zero-order valence-electron chi connectivity index (χ0n) is 36.4. The van der Waals surface area contributed by atoms with Crippen LogP contribution in [-0.4, -0.2) is 111 Å². The van der Waals surface area contributed by atoms with Crippen LogP contribution in [0.3, 0.4) is 0 Å². The Morgan fingerprint density at radius 2 is 0.964 bits per heavy atom. The minimum atomic E-state index is -1.02. The number of aliphatic carboxylic acids is 1. The number of hydrogen-bond donors (Lipinski definition) is 3. The van der Waals surface area contributed by atoms with Crippen molar-refractivity contribution in [2.45, 2.75) is 182 Å². The van der Waals surface area contributed by atoms with E-state index in [0.29, 0.717) is 72.2 Å². The van der Waals surface area contributed by atoms with Gasteiger partial charge in [-0.25, -0.2) is 4.79 Å². The molecule has 0 radical (unpaired) electrons. The van der Waals surface area contributed by atoms with Crippen LogP contribution in [0.1, 0.15) is 165 Å². The third-order valence-corrected chi connectivity index (χ3v) is 7.84. The molecule has 0 heterocycles. The molecule has 0 aliphatic rings. The van der Waals surface area contributed by atoms with Crippen LogP contribution in [0.25, 0.3) is 0 Å². The Kier molecular flexibility index (Phi) is 36.1. The Morgan fingerprint density at radius 1 is 0.536 bits per heavy atom. The minimum absolute atomic E-state index is 0.0238. The molecule has 0 aliphatic carbocycles. The van der Waals surface area contributed by atoms with Gasteiger partial charge in [0.05, 0.1) is 46.2 Å². The van der Waals surface area contributed by atoms with Gasteiger partial charge in [0.2, 0.25) is 11.8 Å². The summed E-state index contributed by atoms with van der Waals surface area (Å²) in [5, 5.41) is 14.0. The Balaban J connectivity index is 0. The number of ether oxygens (including phenoxy) is 6. The summed E-state index contributed by atoms with van der Waals surface area (Å²) < 4.78 is 31.9. The number of unbranched alkanes of at least 4 members (excludes halogenated alkanes) is 11. The van der Waals surface area contributed by atoms with Crippen LogP contribution in [0.4, 0.5) is 0 Å². The standard InChI is InChI=1S/C30H59NO7.C12H21NO5/c1-5-34-22-23-36-26-27-37-25-24-35-21-20-31-28(32)18-16-14-12-10-8-6-7-9-11-13-15-17-19-29(33)38-30(2,3)4;1-5-9(14)13-8(6-7-10(15)16)11(17)18-12(2,3)4/h5-27H2,1-4H3,(H,31,32);8H,5-7H2,1-4H3,(H,13,14)(H,15,16). The topological polar surface area (TPSA) is 185 Å². The van der Waals surface area contributed by atoms with Crippen molar-refractivity contribution in [1.82, 2.24) is 10.6 Å². The van der Waals surface area contributed by atoms with E-state index in [1.54, 1.807) is 27.7 Å². The molecule has 1 atom stereocenters. The van der Waals surface area contributed by atoms with Gasteiger partial charge in [-0.3, -0.25) is 19.2 Å². The molecule has 0 bridgehead atoms. The van der Waals surface area contributed by atoms with Gasteiger partial charge in [-0.1, -0.05) is 71.1 Å².